The molecule has 25 heavy (non-hydrogen) atoms. The molecule has 1 saturated heterocycles. The Bertz CT molecular complexity index is 821. The summed E-state index contributed by atoms with van der Waals surface area (Å²) in [6.45, 7) is 2.78. The van der Waals surface area contributed by atoms with Gasteiger partial charge in [-0.05, 0) is 42.8 Å². The van der Waals surface area contributed by atoms with Crippen LogP contribution < -0.4 is 4.74 Å². The zero-order valence-corrected chi connectivity index (χ0v) is 14.5. The molecule has 0 aliphatic carbocycles. The average molecular weight is 360 g/mol. The average Bonchev–Trinajstić information content (AvgIpc) is 3.04. The Hall–Kier alpha value is -2.53. The number of aryl methyl sites for hydroxylation is 1. The molecule has 2 aromatic rings. The Kier molecular flexibility index (Phi) is 4.95. The van der Waals surface area contributed by atoms with Crippen LogP contribution in [0.2, 0.25) is 5.02 Å². The van der Waals surface area contributed by atoms with Crippen molar-refractivity contribution in [3.8, 4) is 5.75 Å². The predicted molar refractivity (Wildman–Crippen MR) is 94.5 cm³/mol. The first kappa shape index (κ1) is 17.3. The number of halogens is 1. The van der Waals surface area contributed by atoms with Crippen LogP contribution in [0.25, 0.3) is 0 Å². The van der Waals surface area contributed by atoms with Crippen LogP contribution in [0.5, 0.6) is 5.75 Å². The number of benzene rings is 2. The molecule has 1 N–H and O–H groups in total. The van der Waals surface area contributed by atoms with E-state index >= 15 is 0 Å². The number of hydrogen-bond acceptors (Lipinski definition) is 3. The number of carbonyl (C=O) groups excluding carboxylic acids is 1. The van der Waals surface area contributed by atoms with Gasteiger partial charge < -0.3 is 14.7 Å². The lowest BCUT2D eigenvalue weighted by Crippen LogP contribution is -2.31. The molecule has 0 bridgehead atoms. The molecular weight excluding hydrogens is 342 g/mol. The van der Waals surface area contributed by atoms with Crippen molar-refractivity contribution in [1.82, 2.24) is 4.90 Å². The lowest BCUT2D eigenvalue weighted by molar-refractivity contribution is 0.0696. The normalized spacial score (nSPS) is 16.7. The van der Waals surface area contributed by atoms with E-state index in [0.717, 1.165) is 5.56 Å². The van der Waals surface area contributed by atoms with Gasteiger partial charge in [0.15, 0.2) is 0 Å². The second-order valence-electron chi connectivity index (χ2n) is 6.10. The molecule has 0 spiro atoms. The smallest absolute Gasteiger partial charge is 0.335 e. The highest BCUT2D eigenvalue weighted by Crippen LogP contribution is 2.27. The number of rotatable bonds is 4. The van der Waals surface area contributed by atoms with Gasteiger partial charge in [0.2, 0.25) is 0 Å². The van der Waals surface area contributed by atoms with Crippen LogP contribution in [-0.2, 0) is 0 Å². The van der Waals surface area contributed by atoms with Crippen LogP contribution in [0, 0.1) is 6.92 Å². The number of likely N-dealkylation sites (tertiary alicyclic amines) is 1. The van der Waals surface area contributed by atoms with Gasteiger partial charge in [0.25, 0.3) is 5.91 Å². The fourth-order valence-electron chi connectivity index (χ4n) is 2.94. The van der Waals surface area contributed by atoms with Gasteiger partial charge in [0.1, 0.15) is 11.9 Å². The molecule has 1 fully saturated rings. The molecule has 1 atom stereocenters. The third kappa shape index (κ3) is 3.94. The van der Waals surface area contributed by atoms with Crippen LogP contribution in [0.4, 0.5) is 0 Å². The zero-order valence-electron chi connectivity index (χ0n) is 13.7. The van der Waals surface area contributed by atoms with Gasteiger partial charge in [-0.1, -0.05) is 23.7 Å². The van der Waals surface area contributed by atoms with E-state index in [4.69, 9.17) is 21.4 Å². The maximum Gasteiger partial charge on any atom is 0.335 e. The Morgan fingerprint density at radius 2 is 1.92 bits per heavy atom. The molecular formula is C19H18ClNO4. The molecule has 1 amide bonds. The molecule has 6 heteroatoms. The van der Waals surface area contributed by atoms with Gasteiger partial charge in [-0.2, -0.15) is 0 Å². The number of ether oxygens (including phenoxy) is 1. The van der Waals surface area contributed by atoms with Gasteiger partial charge in [0.05, 0.1) is 17.1 Å². The SMILES string of the molecule is Cc1cc(C(=O)O)cc(C(=O)N2CCC(Oc3ccccc3Cl)C2)c1. The summed E-state index contributed by atoms with van der Waals surface area (Å²) < 4.78 is 5.89. The van der Waals surface area contributed by atoms with Crippen LogP contribution in [0.1, 0.15) is 32.7 Å². The Balaban J connectivity index is 1.71. The fraction of sp³-hybridized carbons (Fsp3) is 0.263. The molecule has 2 aromatic carbocycles. The van der Waals surface area contributed by atoms with E-state index in [2.05, 4.69) is 0 Å². The van der Waals surface area contributed by atoms with Crippen molar-refractivity contribution in [2.75, 3.05) is 13.1 Å². The summed E-state index contributed by atoms with van der Waals surface area (Å²) in [6, 6.07) is 11.9. The largest absolute Gasteiger partial charge is 0.487 e. The first-order valence-corrected chi connectivity index (χ1v) is 8.37. The molecule has 1 unspecified atom stereocenters. The van der Waals surface area contributed by atoms with E-state index < -0.39 is 5.97 Å². The first-order chi connectivity index (χ1) is 11.9. The van der Waals surface area contributed by atoms with Crippen molar-refractivity contribution in [2.45, 2.75) is 19.4 Å². The third-order valence-electron chi connectivity index (χ3n) is 4.13. The lowest BCUT2D eigenvalue weighted by atomic mass is 10.1. The molecule has 3 rings (SSSR count). The highest BCUT2D eigenvalue weighted by atomic mass is 35.5. The van der Waals surface area contributed by atoms with Crippen molar-refractivity contribution in [1.29, 1.82) is 0 Å². The van der Waals surface area contributed by atoms with Crippen molar-refractivity contribution in [3.63, 3.8) is 0 Å². The quantitative estimate of drug-likeness (QED) is 0.905. The zero-order chi connectivity index (χ0) is 18.0. The number of carbonyl (C=O) groups is 2. The molecule has 0 radical (unpaired) electrons. The van der Waals surface area contributed by atoms with Gasteiger partial charge >= 0.3 is 5.97 Å². The lowest BCUT2D eigenvalue weighted by Gasteiger charge is -2.18. The summed E-state index contributed by atoms with van der Waals surface area (Å²) in [4.78, 5) is 25.6. The maximum atomic E-state index is 12.7. The Morgan fingerprint density at radius 3 is 2.64 bits per heavy atom. The highest BCUT2D eigenvalue weighted by Gasteiger charge is 2.29. The number of nitrogens with zero attached hydrogens (tertiary/aromatic N) is 1. The third-order valence-corrected chi connectivity index (χ3v) is 4.45. The van der Waals surface area contributed by atoms with E-state index in [0.29, 0.717) is 35.8 Å². The number of para-hydroxylation sites is 1. The first-order valence-electron chi connectivity index (χ1n) is 7.99. The van der Waals surface area contributed by atoms with E-state index in [1.165, 1.54) is 6.07 Å². The minimum Gasteiger partial charge on any atom is -0.487 e. The minimum atomic E-state index is -1.04. The molecule has 130 valence electrons. The van der Waals surface area contributed by atoms with Crippen molar-refractivity contribution >= 4 is 23.5 Å². The van der Waals surface area contributed by atoms with Gasteiger partial charge in [-0.15, -0.1) is 0 Å². The van der Waals surface area contributed by atoms with E-state index in [-0.39, 0.29) is 17.6 Å². The number of hydrogen-bond donors (Lipinski definition) is 1. The van der Waals surface area contributed by atoms with Crippen molar-refractivity contribution in [3.05, 3.63) is 64.2 Å². The van der Waals surface area contributed by atoms with E-state index in [9.17, 15) is 9.59 Å². The number of carboxylic acids is 1. The second kappa shape index (κ2) is 7.15. The molecule has 1 heterocycles. The van der Waals surface area contributed by atoms with Crippen molar-refractivity contribution in [2.24, 2.45) is 0 Å². The van der Waals surface area contributed by atoms with E-state index in [1.807, 2.05) is 12.1 Å². The summed E-state index contributed by atoms with van der Waals surface area (Å²) in [5.41, 5.74) is 1.24. The minimum absolute atomic E-state index is 0.117. The topological polar surface area (TPSA) is 66.8 Å². The summed E-state index contributed by atoms with van der Waals surface area (Å²) >= 11 is 6.10. The Morgan fingerprint density at radius 1 is 1.20 bits per heavy atom. The number of carboxylic acid groups (broad SMARTS) is 1. The number of aromatic carboxylic acids is 1. The predicted octanol–water partition coefficient (Wildman–Crippen LogP) is 3.64. The van der Waals surface area contributed by atoms with Gasteiger partial charge in [-0.25, -0.2) is 4.79 Å². The van der Waals surface area contributed by atoms with Crippen molar-refractivity contribution < 1.29 is 19.4 Å². The monoisotopic (exact) mass is 359 g/mol. The summed E-state index contributed by atoms with van der Waals surface area (Å²) in [5.74, 6) is -0.622. The summed E-state index contributed by atoms with van der Waals surface area (Å²) in [6.07, 6.45) is 0.571. The fourth-order valence-corrected chi connectivity index (χ4v) is 3.12. The standard InChI is InChI=1S/C19H18ClNO4/c1-12-8-13(10-14(9-12)19(23)24)18(22)21-7-6-15(11-21)25-17-5-3-2-4-16(17)20/h2-5,8-10,15H,6-7,11H2,1H3,(H,23,24). The molecule has 0 aromatic heterocycles. The summed E-state index contributed by atoms with van der Waals surface area (Å²) in [7, 11) is 0. The summed E-state index contributed by atoms with van der Waals surface area (Å²) in [5, 5.41) is 9.69. The highest BCUT2D eigenvalue weighted by molar-refractivity contribution is 6.32. The van der Waals surface area contributed by atoms with E-state index in [1.54, 1.807) is 36.1 Å². The van der Waals surface area contributed by atoms with Gasteiger partial charge in [0, 0.05) is 18.5 Å². The van der Waals surface area contributed by atoms with Crippen LogP contribution in [-0.4, -0.2) is 41.1 Å². The van der Waals surface area contributed by atoms with Gasteiger partial charge in [-0.3, -0.25) is 4.79 Å². The molecule has 1 aliphatic heterocycles. The van der Waals surface area contributed by atoms with Crippen LogP contribution in [0.15, 0.2) is 42.5 Å². The van der Waals surface area contributed by atoms with Crippen LogP contribution in [0.3, 0.4) is 0 Å². The molecule has 1 aliphatic rings. The molecule has 0 saturated carbocycles. The van der Waals surface area contributed by atoms with Crippen LogP contribution >= 0.6 is 11.6 Å². The molecule has 5 nitrogen and oxygen atoms in total. The second-order valence-corrected chi connectivity index (χ2v) is 6.51. The Labute approximate surface area is 150 Å². The number of amides is 1. The maximum absolute atomic E-state index is 12.7.